The molecule has 1 aliphatic rings. The summed E-state index contributed by atoms with van der Waals surface area (Å²) in [6.45, 7) is 5.40. The van der Waals surface area contributed by atoms with Gasteiger partial charge >= 0.3 is 0 Å². The Balaban J connectivity index is 1.74. The first-order valence-electron chi connectivity index (χ1n) is 7.62. The molecule has 0 saturated heterocycles. The molecule has 0 amide bonds. The molecule has 4 nitrogen and oxygen atoms in total. The summed E-state index contributed by atoms with van der Waals surface area (Å²) in [5.74, 6) is 2.16. The molecule has 0 unspecified atom stereocenters. The van der Waals surface area contributed by atoms with E-state index in [-0.39, 0.29) is 0 Å². The Kier molecular flexibility index (Phi) is 6.87. The Hall–Kier alpha value is -0.710. The van der Waals surface area contributed by atoms with Gasteiger partial charge in [-0.1, -0.05) is 30.1 Å². The standard InChI is InChI=1S/C15H23Cl2N3O/c1-2-6-18-14-12(16)9-13(17)15(20-14)19-7-3-8-21-10-11-4-5-11/h9,11H,2-8,10H2,1H3,(H2,18,19,20). The maximum atomic E-state index is 6.16. The van der Waals surface area contributed by atoms with Crippen molar-refractivity contribution in [2.24, 2.45) is 5.92 Å². The second-order valence-corrected chi connectivity index (χ2v) is 6.19. The number of rotatable bonds is 10. The van der Waals surface area contributed by atoms with Crippen molar-refractivity contribution in [1.82, 2.24) is 4.98 Å². The van der Waals surface area contributed by atoms with Crippen LogP contribution in [0.15, 0.2) is 6.07 Å². The maximum Gasteiger partial charge on any atom is 0.147 e. The molecule has 0 bridgehead atoms. The van der Waals surface area contributed by atoms with Gasteiger partial charge in [-0.3, -0.25) is 0 Å². The highest BCUT2D eigenvalue weighted by molar-refractivity contribution is 6.37. The average molecular weight is 332 g/mol. The normalized spacial score (nSPS) is 14.2. The van der Waals surface area contributed by atoms with Gasteiger partial charge in [0.05, 0.1) is 10.0 Å². The molecular formula is C15H23Cl2N3O. The zero-order valence-electron chi connectivity index (χ0n) is 12.4. The molecule has 1 aliphatic carbocycles. The number of ether oxygens (including phenoxy) is 1. The largest absolute Gasteiger partial charge is 0.381 e. The second-order valence-electron chi connectivity index (χ2n) is 5.37. The summed E-state index contributed by atoms with van der Waals surface area (Å²) in [6.07, 6.45) is 4.61. The lowest BCUT2D eigenvalue weighted by atomic mass is 10.4. The van der Waals surface area contributed by atoms with E-state index in [1.165, 1.54) is 12.8 Å². The van der Waals surface area contributed by atoms with Crippen molar-refractivity contribution >= 4 is 34.8 Å². The first-order chi connectivity index (χ1) is 10.2. The van der Waals surface area contributed by atoms with Crippen LogP contribution in [0, 0.1) is 5.92 Å². The fourth-order valence-corrected chi connectivity index (χ4v) is 2.37. The van der Waals surface area contributed by atoms with Crippen LogP contribution in [-0.4, -0.2) is 31.3 Å². The Morgan fingerprint density at radius 3 is 2.48 bits per heavy atom. The Morgan fingerprint density at radius 1 is 1.19 bits per heavy atom. The van der Waals surface area contributed by atoms with Crippen molar-refractivity contribution < 1.29 is 4.74 Å². The summed E-state index contributed by atoms with van der Waals surface area (Å²) in [7, 11) is 0. The molecule has 1 aromatic rings. The molecule has 0 atom stereocenters. The topological polar surface area (TPSA) is 46.2 Å². The predicted molar refractivity (Wildman–Crippen MR) is 89.7 cm³/mol. The van der Waals surface area contributed by atoms with Crippen molar-refractivity contribution in [2.45, 2.75) is 32.6 Å². The molecular weight excluding hydrogens is 309 g/mol. The molecule has 0 aliphatic heterocycles. The summed E-state index contributed by atoms with van der Waals surface area (Å²) < 4.78 is 5.59. The molecule has 0 radical (unpaired) electrons. The van der Waals surface area contributed by atoms with Gasteiger partial charge < -0.3 is 15.4 Å². The average Bonchev–Trinajstić information content (AvgIpc) is 3.27. The SMILES string of the molecule is CCCNc1nc(NCCCOCC2CC2)c(Cl)cc1Cl. The highest BCUT2D eigenvalue weighted by atomic mass is 35.5. The van der Waals surface area contributed by atoms with Crippen molar-refractivity contribution in [3.05, 3.63) is 16.1 Å². The number of hydrogen-bond acceptors (Lipinski definition) is 4. The minimum Gasteiger partial charge on any atom is -0.381 e. The quantitative estimate of drug-likeness (QED) is 0.622. The zero-order chi connectivity index (χ0) is 15.1. The number of hydrogen-bond donors (Lipinski definition) is 2. The van der Waals surface area contributed by atoms with Crippen LogP contribution in [0.3, 0.4) is 0 Å². The van der Waals surface area contributed by atoms with Gasteiger partial charge in [0, 0.05) is 26.3 Å². The van der Waals surface area contributed by atoms with Crippen LogP contribution < -0.4 is 10.6 Å². The molecule has 1 saturated carbocycles. The molecule has 118 valence electrons. The molecule has 21 heavy (non-hydrogen) atoms. The molecule has 0 aromatic carbocycles. The lowest BCUT2D eigenvalue weighted by molar-refractivity contribution is 0.124. The van der Waals surface area contributed by atoms with Crippen molar-refractivity contribution in [2.75, 3.05) is 36.9 Å². The first kappa shape index (κ1) is 16.7. The Bertz CT molecular complexity index is 453. The van der Waals surface area contributed by atoms with E-state index in [9.17, 15) is 0 Å². The van der Waals surface area contributed by atoms with Gasteiger partial charge in [0.15, 0.2) is 0 Å². The highest BCUT2D eigenvalue weighted by Crippen LogP contribution is 2.29. The van der Waals surface area contributed by atoms with Crippen LogP contribution in [0.2, 0.25) is 10.0 Å². The molecule has 0 spiro atoms. The van der Waals surface area contributed by atoms with Crippen LogP contribution >= 0.6 is 23.2 Å². The van der Waals surface area contributed by atoms with Crippen LogP contribution in [0.5, 0.6) is 0 Å². The van der Waals surface area contributed by atoms with Gasteiger partial charge in [-0.05, 0) is 37.7 Å². The fourth-order valence-electron chi connectivity index (χ4n) is 1.87. The van der Waals surface area contributed by atoms with Crippen molar-refractivity contribution in [1.29, 1.82) is 0 Å². The number of halogens is 2. The minimum absolute atomic E-state index is 0.543. The molecule has 2 rings (SSSR count). The van der Waals surface area contributed by atoms with Gasteiger partial charge in [-0.2, -0.15) is 0 Å². The minimum atomic E-state index is 0.543. The summed E-state index contributed by atoms with van der Waals surface area (Å²) in [5.41, 5.74) is 0. The monoisotopic (exact) mass is 331 g/mol. The molecule has 1 heterocycles. The summed E-state index contributed by atoms with van der Waals surface area (Å²) in [5, 5.41) is 7.52. The Morgan fingerprint density at radius 2 is 1.86 bits per heavy atom. The van der Waals surface area contributed by atoms with E-state index in [2.05, 4.69) is 22.5 Å². The lowest BCUT2D eigenvalue weighted by Crippen LogP contribution is -2.10. The molecule has 2 N–H and O–H groups in total. The van der Waals surface area contributed by atoms with Crippen LogP contribution in [0.25, 0.3) is 0 Å². The summed E-state index contributed by atoms with van der Waals surface area (Å²) in [4.78, 5) is 4.44. The van der Waals surface area contributed by atoms with Gasteiger partial charge in [-0.25, -0.2) is 4.98 Å². The molecule has 6 heteroatoms. The van der Waals surface area contributed by atoms with Crippen molar-refractivity contribution in [3.8, 4) is 0 Å². The zero-order valence-corrected chi connectivity index (χ0v) is 13.9. The van der Waals surface area contributed by atoms with Gasteiger partial charge in [0.1, 0.15) is 11.6 Å². The number of aromatic nitrogens is 1. The molecule has 1 aromatic heterocycles. The van der Waals surface area contributed by atoms with Crippen LogP contribution in [0.4, 0.5) is 11.6 Å². The van der Waals surface area contributed by atoms with E-state index in [0.29, 0.717) is 21.7 Å². The van der Waals surface area contributed by atoms with Crippen molar-refractivity contribution in [3.63, 3.8) is 0 Å². The predicted octanol–water partition coefficient (Wildman–Crippen LogP) is 4.44. The van der Waals surface area contributed by atoms with E-state index in [1.807, 2.05) is 0 Å². The van der Waals surface area contributed by atoms with Crippen LogP contribution in [0.1, 0.15) is 32.6 Å². The third-order valence-electron chi connectivity index (χ3n) is 3.28. The number of anilines is 2. The Labute approximate surface area is 136 Å². The number of nitrogens with one attached hydrogen (secondary N) is 2. The van der Waals surface area contributed by atoms with Gasteiger partial charge in [0.25, 0.3) is 0 Å². The second kappa shape index (κ2) is 8.66. The van der Waals surface area contributed by atoms with E-state index in [0.717, 1.165) is 45.1 Å². The van der Waals surface area contributed by atoms with E-state index in [4.69, 9.17) is 27.9 Å². The first-order valence-corrected chi connectivity index (χ1v) is 8.37. The number of nitrogens with zero attached hydrogens (tertiary/aromatic N) is 1. The lowest BCUT2D eigenvalue weighted by Gasteiger charge is -2.12. The summed E-state index contributed by atoms with van der Waals surface area (Å²) in [6, 6.07) is 1.72. The van der Waals surface area contributed by atoms with E-state index < -0.39 is 0 Å². The fraction of sp³-hybridized carbons (Fsp3) is 0.667. The van der Waals surface area contributed by atoms with Gasteiger partial charge in [0.2, 0.25) is 0 Å². The van der Waals surface area contributed by atoms with E-state index >= 15 is 0 Å². The smallest absolute Gasteiger partial charge is 0.147 e. The van der Waals surface area contributed by atoms with Gasteiger partial charge in [-0.15, -0.1) is 0 Å². The number of pyridine rings is 1. The molecule has 1 fully saturated rings. The van der Waals surface area contributed by atoms with E-state index in [1.54, 1.807) is 6.07 Å². The maximum absolute atomic E-state index is 6.16. The summed E-state index contributed by atoms with van der Waals surface area (Å²) >= 11 is 12.3. The highest BCUT2D eigenvalue weighted by Gasteiger charge is 2.20. The third kappa shape index (κ3) is 5.89. The third-order valence-corrected chi connectivity index (χ3v) is 3.86. The van der Waals surface area contributed by atoms with Crippen LogP contribution in [-0.2, 0) is 4.74 Å².